The van der Waals surface area contributed by atoms with Crippen LogP contribution in [-0.2, 0) is 0 Å². The van der Waals surface area contributed by atoms with E-state index in [-0.39, 0.29) is 0 Å². The average molecular weight is 217 g/mol. The average Bonchev–Trinajstić information content (AvgIpc) is 2.13. The highest BCUT2D eigenvalue weighted by atomic mass is 32.2. The Morgan fingerprint density at radius 2 is 1.57 bits per heavy atom. The molecule has 0 aliphatic carbocycles. The summed E-state index contributed by atoms with van der Waals surface area (Å²) in [7, 11) is 0. The third-order valence-corrected chi connectivity index (χ3v) is 4.57. The smallest absolute Gasteiger partial charge is 0.0181 e. The van der Waals surface area contributed by atoms with Crippen molar-refractivity contribution in [3.05, 3.63) is 0 Å². The van der Waals surface area contributed by atoms with Gasteiger partial charge in [0.1, 0.15) is 0 Å². The van der Waals surface area contributed by atoms with Crippen molar-refractivity contribution >= 4 is 11.8 Å². The molecular formula is C12H27NS. The van der Waals surface area contributed by atoms with Crippen molar-refractivity contribution in [3.8, 4) is 0 Å². The van der Waals surface area contributed by atoms with Crippen molar-refractivity contribution < 1.29 is 0 Å². The predicted molar refractivity (Wildman–Crippen MR) is 69.1 cm³/mol. The van der Waals surface area contributed by atoms with Crippen LogP contribution >= 0.6 is 11.8 Å². The van der Waals surface area contributed by atoms with Crippen LogP contribution in [0.4, 0.5) is 0 Å². The fourth-order valence-electron chi connectivity index (χ4n) is 1.49. The summed E-state index contributed by atoms with van der Waals surface area (Å²) < 4.78 is 0. The van der Waals surface area contributed by atoms with Gasteiger partial charge < -0.3 is 5.32 Å². The summed E-state index contributed by atoms with van der Waals surface area (Å²) in [6.07, 6.45) is 1.23. The van der Waals surface area contributed by atoms with Gasteiger partial charge >= 0.3 is 0 Å². The highest BCUT2D eigenvalue weighted by Gasteiger charge is 2.18. The molecule has 0 heterocycles. The SMILES string of the molecule is CCNC(CC)C(C)SC(C)C(C)C. The maximum absolute atomic E-state index is 3.56. The minimum Gasteiger partial charge on any atom is -0.313 e. The molecule has 0 aromatic heterocycles. The van der Waals surface area contributed by atoms with E-state index in [4.69, 9.17) is 0 Å². The van der Waals surface area contributed by atoms with Crippen LogP contribution in [0.1, 0.15) is 48.0 Å². The minimum absolute atomic E-state index is 0.672. The molecule has 0 saturated carbocycles. The lowest BCUT2D eigenvalue weighted by atomic mass is 10.1. The number of hydrogen-bond acceptors (Lipinski definition) is 2. The van der Waals surface area contributed by atoms with Crippen LogP contribution in [0.5, 0.6) is 0 Å². The Morgan fingerprint density at radius 1 is 1.00 bits per heavy atom. The first-order valence-corrected chi connectivity index (χ1v) is 6.85. The topological polar surface area (TPSA) is 12.0 Å². The lowest BCUT2D eigenvalue weighted by Crippen LogP contribution is -2.37. The quantitative estimate of drug-likeness (QED) is 0.700. The predicted octanol–water partition coefficient (Wildman–Crippen LogP) is 3.54. The summed E-state index contributed by atoms with van der Waals surface area (Å²) in [4.78, 5) is 0. The van der Waals surface area contributed by atoms with Gasteiger partial charge in [0, 0.05) is 16.5 Å². The van der Waals surface area contributed by atoms with Gasteiger partial charge in [-0.25, -0.2) is 0 Å². The van der Waals surface area contributed by atoms with Gasteiger partial charge in [0.05, 0.1) is 0 Å². The molecule has 0 fully saturated rings. The number of thioether (sulfide) groups is 1. The first-order valence-electron chi connectivity index (χ1n) is 5.91. The highest BCUT2D eigenvalue weighted by molar-refractivity contribution is 8.00. The summed E-state index contributed by atoms with van der Waals surface area (Å²) in [5.41, 5.74) is 0. The molecule has 0 aliphatic rings. The molecule has 3 unspecified atom stereocenters. The lowest BCUT2D eigenvalue weighted by molar-refractivity contribution is 0.506. The normalized spacial score (nSPS) is 18.2. The van der Waals surface area contributed by atoms with Crippen molar-refractivity contribution in [3.63, 3.8) is 0 Å². The summed E-state index contributed by atoms with van der Waals surface area (Å²) >= 11 is 2.12. The summed E-state index contributed by atoms with van der Waals surface area (Å²) in [5.74, 6) is 0.779. The first-order chi connectivity index (χ1) is 6.52. The van der Waals surface area contributed by atoms with Crippen molar-refractivity contribution in [1.29, 1.82) is 0 Å². The number of nitrogens with one attached hydrogen (secondary N) is 1. The molecule has 0 aliphatic heterocycles. The monoisotopic (exact) mass is 217 g/mol. The molecule has 0 radical (unpaired) electrons. The largest absolute Gasteiger partial charge is 0.313 e. The Kier molecular flexibility index (Phi) is 7.75. The summed E-state index contributed by atoms with van der Waals surface area (Å²) in [6, 6.07) is 0.672. The van der Waals surface area contributed by atoms with E-state index in [0.29, 0.717) is 6.04 Å². The van der Waals surface area contributed by atoms with E-state index in [9.17, 15) is 0 Å². The maximum Gasteiger partial charge on any atom is 0.0181 e. The molecule has 86 valence electrons. The van der Waals surface area contributed by atoms with Gasteiger partial charge in [-0.15, -0.1) is 0 Å². The van der Waals surface area contributed by atoms with E-state index in [1.54, 1.807) is 0 Å². The standard InChI is InChI=1S/C12H27NS/c1-7-12(13-8-2)11(6)14-10(5)9(3)4/h9-13H,7-8H2,1-6H3. The molecule has 14 heavy (non-hydrogen) atoms. The number of rotatable bonds is 7. The lowest BCUT2D eigenvalue weighted by Gasteiger charge is -2.27. The van der Waals surface area contributed by atoms with Crippen LogP contribution in [-0.4, -0.2) is 23.1 Å². The molecule has 0 rings (SSSR count). The van der Waals surface area contributed by atoms with Gasteiger partial charge in [0.15, 0.2) is 0 Å². The minimum atomic E-state index is 0.672. The maximum atomic E-state index is 3.56. The number of hydrogen-bond donors (Lipinski definition) is 1. The van der Waals surface area contributed by atoms with Gasteiger partial charge in [-0.05, 0) is 18.9 Å². The molecule has 0 saturated heterocycles. The molecule has 3 atom stereocenters. The molecular weight excluding hydrogens is 190 g/mol. The van der Waals surface area contributed by atoms with Crippen LogP contribution < -0.4 is 5.32 Å². The van der Waals surface area contributed by atoms with Gasteiger partial charge in [0.25, 0.3) is 0 Å². The Morgan fingerprint density at radius 3 is 1.93 bits per heavy atom. The third kappa shape index (κ3) is 5.26. The summed E-state index contributed by atoms with van der Waals surface area (Å²) in [6.45, 7) is 14.8. The molecule has 2 heteroatoms. The van der Waals surface area contributed by atoms with Crippen molar-refractivity contribution in [2.24, 2.45) is 5.92 Å². The van der Waals surface area contributed by atoms with E-state index >= 15 is 0 Å². The van der Waals surface area contributed by atoms with Crippen LogP contribution in [0.2, 0.25) is 0 Å². The van der Waals surface area contributed by atoms with Crippen molar-refractivity contribution in [2.45, 2.75) is 64.5 Å². The first kappa shape index (κ1) is 14.3. The van der Waals surface area contributed by atoms with Crippen LogP contribution in [0, 0.1) is 5.92 Å². The fourth-order valence-corrected chi connectivity index (χ4v) is 2.96. The fraction of sp³-hybridized carbons (Fsp3) is 1.00. The summed E-state index contributed by atoms with van der Waals surface area (Å²) in [5, 5.41) is 5.04. The molecule has 1 N–H and O–H groups in total. The van der Waals surface area contributed by atoms with Gasteiger partial charge in [-0.3, -0.25) is 0 Å². The zero-order valence-electron chi connectivity index (χ0n) is 10.6. The van der Waals surface area contributed by atoms with E-state index in [1.165, 1.54) is 6.42 Å². The molecule has 0 bridgehead atoms. The van der Waals surface area contributed by atoms with Gasteiger partial charge in [-0.2, -0.15) is 11.8 Å². The zero-order valence-corrected chi connectivity index (χ0v) is 11.4. The van der Waals surface area contributed by atoms with Crippen molar-refractivity contribution in [2.75, 3.05) is 6.54 Å². The Labute approximate surface area is 94.4 Å². The van der Waals surface area contributed by atoms with Crippen LogP contribution in [0.15, 0.2) is 0 Å². The van der Waals surface area contributed by atoms with E-state index < -0.39 is 0 Å². The Hall–Kier alpha value is 0.310. The molecule has 0 spiro atoms. The van der Waals surface area contributed by atoms with Crippen LogP contribution in [0.3, 0.4) is 0 Å². The Bertz CT molecular complexity index is 136. The molecule has 0 aromatic carbocycles. The second kappa shape index (κ2) is 7.58. The molecule has 1 nitrogen and oxygen atoms in total. The van der Waals surface area contributed by atoms with Gasteiger partial charge in [0.2, 0.25) is 0 Å². The highest BCUT2D eigenvalue weighted by Crippen LogP contribution is 2.26. The molecule has 0 aromatic rings. The van der Waals surface area contributed by atoms with E-state index in [1.807, 2.05) is 0 Å². The van der Waals surface area contributed by atoms with E-state index in [0.717, 1.165) is 23.0 Å². The second-order valence-corrected chi connectivity index (χ2v) is 6.12. The molecule has 0 amide bonds. The van der Waals surface area contributed by atoms with Crippen molar-refractivity contribution in [1.82, 2.24) is 5.32 Å². The van der Waals surface area contributed by atoms with Gasteiger partial charge in [-0.1, -0.05) is 41.5 Å². The zero-order chi connectivity index (χ0) is 11.1. The Balaban J connectivity index is 3.96. The second-order valence-electron chi connectivity index (χ2n) is 4.36. The van der Waals surface area contributed by atoms with E-state index in [2.05, 4.69) is 58.6 Å². The third-order valence-electron chi connectivity index (χ3n) is 2.84. The van der Waals surface area contributed by atoms with Crippen LogP contribution in [0.25, 0.3) is 0 Å².